The van der Waals surface area contributed by atoms with E-state index in [1.807, 2.05) is 0 Å². The smallest absolute Gasteiger partial charge is 0.343 e. The maximum atomic E-state index is 11.5. The van der Waals surface area contributed by atoms with Crippen molar-refractivity contribution >= 4 is 29.3 Å². The van der Waals surface area contributed by atoms with Crippen LogP contribution in [0.2, 0.25) is 5.02 Å². The predicted octanol–water partition coefficient (Wildman–Crippen LogP) is 2.63. The molecule has 23 heavy (non-hydrogen) atoms. The zero-order valence-electron chi connectivity index (χ0n) is 12.4. The van der Waals surface area contributed by atoms with E-state index in [0.717, 1.165) is 0 Å². The van der Waals surface area contributed by atoms with Crippen LogP contribution >= 0.6 is 11.6 Å². The lowest BCUT2D eigenvalue weighted by atomic mass is 10.1. The minimum Gasteiger partial charge on any atom is -0.477 e. The van der Waals surface area contributed by atoms with Gasteiger partial charge in [-0.15, -0.1) is 0 Å². The average Bonchev–Trinajstić information content (AvgIpc) is 2.96. The zero-order valence-corrected chi connectivity index (χ0v) is 13.2. The first kappa shape index (κ1) is 16.8. The molecular formula is C15H16ClN3O4. The molecule has 0 aliphatic rings. The zero-order chi connectivity index (χ0) is 16.8. The first-order valence-electron chi connectivity index (χ1n) is 7.02. The Hall–Kier alpha value is -2.54. The van der Waals surface area contributed by atoms with Crippen LogP contribution < -0.4 is 10.6 Å². The summed E-state index contributed by atoms with van der Waals surface area (Å²) in [6.07, 6.45) is 0.394. The number of amides is 1. The second-order valence-corrected chi connectivity index (χ2v) is 5.11. The van der Waals surface area contributed by atoms with Crippen LogP contribution in [0.4, 0.5) is 5.82 Å². The lowest BCUT2D eigenvalue weighted by Crippen LogP contribution is -2.28. The van der Waals surface area contributed by atoms with Crippen molar-refractivity contribution < 1.29 is 19.2 Å². The van der Waals surface area contributed by atoms with E-state index in [-0.39, 0.29) is 23.0 Å². The monoisotopic (exact) mass is 337 g/mol. The molecule has 0 unspecified atom stereocenters. The third-order valence-electron chi connectivity index (χ3n) is 3.07. The quantitative estimate of drug-likeness (QED) is 0.671. The highest BCUT2D eigenvalue weighted by Gasteiger charge is 2.23. The molecule has 1 amide bonds. The minimum absolute atomic E-state index is 0.0610. The number of rotatable bonds is 7. The second kappa shape index (κ2) is 7.64. The third kappa shape index (κ3) is 4.23. The first-order chi connectivity index (χ1) is 11.0. The van der Waals surface area contributed by atoms with Crippen molar-refractivity contribution in [2.24, 2.45) is 0 Å². The van der Waals surface area contributed by atoms with Crippen molar-refractivity contribution in [3.8, 4) is 11.3 Å². The number of hydrogen-bond donors (Lipinski definition) is 3. The summed E-state index contributed by atoms with van der Waals surface area (Å²) in [5.41, 5.74) is 0.501. The lowest BCUT2D eigenvalue weighted by molar-refractivity contribution is -0.120. The van der Waals surface area contributed by atoms with Gasteiger partial charge in [0, 0.05) is 30.1 Å². The molecule has 7 nitrogen and oxygen atoms in total. The standard InChI is InChI=1S/C15H16ClN3O4/c1-2-11(20)17-7-8-18-14-12(15(21)22)13(23-19-14)9-3-5-10(16)6-4-9/h3-6H,2,7-8H2,1H3,(H,17,20)(H,18,19)(H,21,22). The van der Waals surface area contributed by atoms with Crippen LogP contribution in [0, 0.1) is 0 Å². The van der Waals surface area contributed by atoms with Gasteiger partial charge < -0.3 is 20.3 Å². The number of hydrogen-bond acceptors (Lipinski definition) is 5. The van der Waals surface area contributed by atoms with E-state index in [9.17, 15) is 14.7 Å². The van der Waals surface area contributed by atoms with Crippen LogP contribution in [-0.4, -0.2) is 35.2 Å². The van der Waals surface area contributed by atoms with Gasteiger partial charge in [-0.3, -0.25) is 4.79 Å². The molecule has 0 aliphatic carbocycles. The van der Waals surface area contributed by atoms with Crippen molar-refractivity contribution in [2.45, 2.75) is 13.3 Å². The Balaban J connectivity index is 2.13. The van der Waals surface area contributed by atoms with E-state index >= 15 is 0 Å². The Bertz CT molecular complexity index is 697. The Morgan fingerprint density at radius 2 is 1.96 bits per heavy atom. The maximum absolute atomic E-state index is 11.5. The van der Waals surface area contributed by atoms with E-state index < -0.39 is 5.97 Å². The molecule has 0 saturated carbocycles. The van der Waals surface area contributed by atoms with Crippen LogP contribution in [0.5, 0.6) is 0 Å². The Morgan fingerprint density at radius 1 is 1.26 bits per heavy atom. The molecule has 0 bridgehead atoms. The van der Waals surface area contributed by atoms with Gasteiger partial charge in [-0.25, -0.2) is 4.79 Å². The third-order valence-corrected chi connectivity index (χ3v) is 3.33. The summed E-state index contributed by atoms with van der Waals surface area (Å²) in [7, 11) is 0. The normalized spacial score (nSPS) is 10.3. The van der Waals surface area contributed by atoms with Gasteiger partial charge in [0.15, 0.2) is 17.1 Å². The van der Waals surface area contributed by atoms with Crippen molar-refractivity contribution in [3.05, 3.63) is 34.9 Å². The van der Waals surface area contributed by atoms with Crippen molar-refractivity contribution in [1.82, 2.24) is 10.5 Å². The Labute approximate surface area is 137 Å². The number of anilines is 1. The van der Waals surface area contributed by atoms with E-state index in [1.165, 1.54) is 0 Å². The van der Waals surface area contributed by atoms with Crippen molar-refractivity contribution in [3.63, 3.8) is 0 Å². The highest BCUT2D eigenvalue weighted by molar-refractivity contribution is 6.30. The number of benzene rings is 1. The average molecular weight is 338 g/mol. The molecule has 0 radical (unpaired) electrons. The highest BCUT2D eigenvalue weighted by atomic mass is 35.5. The number of aromatic nitrogens is 1. The first-order valence-corrected chi connectivity index (χ1v) is 7.40. The van der Waals surface area contributed by atoms with E-state index in [0.29, 0.717) is 30.1 Å². The number of carboxylic acids is 1. The molecule has 0 atom stereocenters. The van der Waals surface area contributed by atoms with Crippen LogP contribution in [0.25, 0.3) is 11.3 Å². The largest absolute Gasteiger partial charge is 0.477 e. The summed E-state index contributed by atoms with van der Waals surface area (Å²) in [4.78, 5) is 22.6. The van der Waals surface area contributed by atoms with Gasteiger partial charge in [0.25, 0.3) is 0 Å². The van der Waals surface area contributed by atoms with Gasteiger partial charge in [0.05, 0.1) is 0 Å². The Kier molecular flexibility index (Phi) is 5.59. The number of nitrogens with one attached hydrogen (secondary N) is 2. The van der Waals surface area contributed by atoms with Gasteiger partial charge in [-0.2, -0.15) is 0 Å². The lowest BCUT2D eigenvalue weighted by Gasteiger charge is -2.05. The van der Waals surface area contributed by atoms with Crippen LogP contribution in [0.1, 0.15) is 23.7 Å². The summed E-state index contributed by atoms with van der Waals surface area (Å²) < 4.78 is 5.16. The molecule has 3 N–H and O–H groups in total. The van der Waals surface area contributed by atoms with Crippen molar-refractivity contribution in [2.75, 3.05) is 18.4 Å². The SMILES string of the molecule is CCC(=O)NCCNc1noc(-c2ccc(Cl)cc2)c1C(=O)O. The molecular weight excluding hydrogens is 322 g/mol. The molecule has 0 aliphatic heterocycles. The molecule has 2 aromatic rings. The van der Waals surface area contributed by atoms with Crippen LogP contribution in [0.15, 0.2) is 28.8 Å². The fraction of sp³-hybridized carbons (Fsp3) is 0.267. The van der Waals surface area contributed by atoms with Gasteiger partial charge >= 0.3 is 5.97 Å². The molecule has 122 valence electrons. The van der Waals surface area contributed by atoms with Gasteiger partial charge in [0.2, 0.25) is 5.91 Å². The number of carbonyl (C=O) groups excluding carboxylic acids is 1. The number of halogens is 1. The summed E-state index contributed by atoms with van der Waals surface area (Å²) >= 11 is 5.82. The molecule has 0 fully saturated rings. The number of carbonyl (C=O) groups is 2. The van der Waals surface area contributed by atoms with E-state index in [1.54, 1.807) is 31.2 Å². The maximum Gasteiger partial charge on any atom is 0.343 e. The van der Waals surface area contributed by atoms with Gasteiger partial charge in [-0.05, 0) is 24.3 Å². The Morgan fingerprint density at radius 3 is 2.57 bits per heavy atom. The summed E-state index contributed by atoms with van der Waals surface area (Å²) in [6.45, 7) is 2.44. The fourth-order valence-electron chi connectivity index (χ4n) is 1.92. The highest BCUT2D eigenvalue weighted by Crippen LogP contribution is 2.30. The molecule has 8 heteroatoms. The van der Waals surface area contributed by atoms with Gasteiger partial charge in [-0.1, -0.05) is 23.7 Å². The van der Waals surface area contributed by atoms with Crippen LogP contribution in [0.3, 0.4) is 0 Å². The van der Waals surface area contributed by atoms with Gasteiger partial charge in [0.1, 0.15) is 0 Å². The summed E-state index contributed by atoms with van der Waals surface area (Å²) in [5.74, 6) is -0.967. The molecule has 2 rings (SSSR count). The molecule has 1 aromatic heterocycles. The molecule has 1 heterocycles. The predicted molar refractivity (Wildman–Crippen MR) is 85.7 cm³/mol. The molecule has 0 saturated heterocycles. The summed E-state index contributed by atoms with van der Waals surface area (Å²) in [5, 5.41) is 19.2. The number of aromatic carboxylic acids is 1. The van der Waals surface area contributed by atoms with E-state index in [2.05, 4.69) is 15.8 Å². The van der Waals surface area contributed by atoms with Crippen molar-refractivity contribution in [1.29, 1.82) is 0 Å². The minimum atomic E-state index is -1.16. The summed E-state index contributed by atoms with van der Waals surface area (Å²) in [6, 6.07) is 6.58. The molecule has 1 aromatic carbocycles. The molecule has 0 spiro atoms. The van der Waals surface area contributed by atoms with E-state index in [4.69, 9.17) is 16.1 Å². The number of carboxylic acid groups (broad SMARTS) is 1. The second-order valence-electron chi connectivity index (χ2n) is 4.68. The topological polar surface area (TPSA) is 104 Å². The fourth-order valence-corrected chi connectivity index (χ4v) is 2.04. The van der Waals surface area contributed by atoms with Crippen LogP contribution in [-0.2, 0) is 4.79 Å². The number of nitrogens with zero attached hydrogens (tertiary/aromatic N) is 1.